The lowest BCUT2D eigenvalue weighted by Crippen LogP contribution is -2.63. The van der Waals surface area contributed by atoms with Crippen molar-refractivity contribution in [3.63, 3.8) is 0 Å². The summed E-state index contributed by atoms with van der Waals surface area (Å²) in [5.74, 6) is -0.275. The first kappa shape index (κ1) is 13.1. The maximum Gasteiger partial charge on any atom is 0.248 e. The van der Waals surface area contributed by atoms with Gasteiger partial charge in [0.1, 0.15) is 0 Å². The highest BCUT2D eigenvalue weighted by Gasteiger charge is 2.39. The molecule has 0 unspecified atom stereocenters. The smallest absolute Gasteiger partial charge is 0.248 e. The molecule has 0 bridgehead atoms. The zero-order chi connectivity index (χ0) is 12.2. The summed E-state index contributed by atoms with van der Waals surface area (Å²) in [5, 5.41) is 2.92. The van der Waals surface area contributed by atoms with Crippen molar-refractivity contribution >= 4 is 11.8 Å². The van der Waals surface area contributed by atoms with E-state index in [0.29, 0.717) is 13.2 Å². The van der Waals surface area contributed by atoms with Crippen LogP contribution in [-0.2, 0) is 14.3 Å². The zero-order valence-electron chi connectivity index (χ0n) is 10.2. The Labute approximate surface area is 96.1 Å². The number of nitrogens with zero attached hydrogens (tertiary/aromatic N) is 1. The van der Waals surface area contributed by atoms with Crippen molar-refractivity contribution in [2.45, 2.75) is 32.2 Å². The number of nitrogens with one attached hydrogen (secondary N) is 1. The van der Waals surface area contributed by atoms with Crippen molar-refractivity contribution in [1.29, 1.82) is 0 Å². The summed E-state index contributed by atoms with van der Waals surface area (Å²) in [6, 6.07) is 0. The van der Waals surface area contributed by atoms with Gasteiger partial charge in [-0.25, -0.2) is 0 Å². The summed E-state index contributed by atoms with van der Waals surface area (Å²) < 4.78 is 4.93. The largest absolute Gasteiger partial charge is 0.385 e. The fraction of sp³-hybridized carbons (Fsp3) is 0.818. The van der Waals surface area contributed by atoms with Crippen molar-refractivity contribution < 1.29 is 14.3 Å². The average molecular weight is 228 g/mol. The third kappa shape index (κ3) is 3.02. The first-order valence-electron chi connectivity index (χ1n) is 5.58. The van der Waals surface area contributed by atoms with Gasteiger partial charge in [0.25, 0.3) is 0 Å². The van der Waals surface area contributed by atoms with Crippen LogP contribution >= 0.6 is 0 Å². The standard InChI is InChI=1S/C11H20N2O3/c1-11(2)10(15)13(9(14)8-12-11)6-4-5-7-16-3/h12H,4-8H2,1-3H3. The molecule has 1 aliphatic rings. The number of hydrogen-bond donors (Lipinski definition) is 1. The van der Waals surface area contributed by atoms with E-state index in [1.165, 1.54) is 4.90 Å². The number of imide groups is 1. The van der Waals surface area contributed by atoms with Gasteiger partial charge in [0, 0.05) is 20.3 Å². The molecule has 1 fully saturated rings. The van der Waals surface area contributed by atoms with Crippen molar-refractivity contribution in [2.75, 3.05) is 26.8 Å². The van der Waals surface area contributed by atoms with E-state index in [1.54, 1.807) is 21.0 Å². The Morgan fingerprint density at radius 3 is 2.69 bits per heavy atom. The molecular formula is C11H20N2O3. The molecule has 1 heterocycles. The minimum Gasteiger partial charge on any atom is -0.385 e. The van der Waals surface area contributed by atoms with Crippen molar-refractivity contribution in [3.05, 3.63) is 0 Å². The number of piperazine rings is 1. The van der Waals surface area contributed by atoms with Crippen molar-refractivity contribution in [3.8, 4) is 0 Å². The molecule has 0 saturated carbocycles. The van der Waals surface area contributed by atoms with Crippen LogP contribution in [0.1, 0.15) is 26.7 Å². The molecule has 0 atom stereocenters. The molecule has 16 heavy (non-hydrogen) atoms. The summed E-state index contributed by atoms with van der Waals surface area (Å²) in [5.41, 5.74) is -0.630. The number of rotatable bonds is 5. The zero-order valence-corrected chi connectivity index (χ0v) is 10.2. The summed E-state index contributed by atoms with van der Waals surface area (Å²) >= 11 is 0. The second-order valence-electron chi connectivity index (χ2n) is 4.53. The topological polar surface area (TPSA) is 58.6 Å². The molecule has 0 aromatic carbocycles. The van der Waals surface area contributed by atoms with Gasteiger partial charge in [-0.15, -0.1) is 0 Å². The molecule has 2 amide bonds. The molecule has 1 N–H and O–H groups in total. The summed E-state index contributed by atoms with van der Waals surface area (Å²) in [4.78, 5) is 24.9. The van der Waals surface area contributed by atoms with Crippen LogP contribution in [-0.4, -0.2) is 49.1 Å². The second-order valence-corrected chi connectivity index (χ2v) is 4.53. The third-order valence-corrected chi connectivity index (χ3v) is 2.74. The average Bonchev–Trinajstić information content (AvgIpc) is 2.24. The second kappa shape index (κ2) is 5.41. The molecule has 5 heteroatoms. The Morgan fingerprint density at radius 1 is 1.38 bits per heavy atom. The molecule has 0 aromatic rings. The Kier molecular flexibility index (Phi) is 4.44. The van der Waals surface area contributed by atoms with Gasteiger partial charge >= 0.3 is 0 Å². The van der Waals surface area contributed by atoms with Crippen LogP contribution in [0.2, 0.25) is 0 Å². The molecule has 0 aromatic heterocycles. The molecule has 92 valence electrons. The number of methoxy groups -OCH3 is 1. The molecule has 0 spiro atoms. The third-order valence-electron chi connectivity index (χ3n) is 2.74. The van der Waals surface area contributed by atoms with Gasteiger partial charge in [-0.05, 0) is 26.7 Å². The van der Waals surface area contributed by atoms with E-state index in [1.807, 2.05) is 0 Å². The Balaban J connectivity index is 2.49. The number of unbranched alkanes of at least 4 members (excludes halogenated alkanes) is 1. The van der Waals surface area contributed by atoms with Gasteiger partial charge in [-0.1, -0.05) is 0 Å². The van der Waals surface area contributed by atoms with Crippen LogP contribution in [0.4, 0.5) is 0 Å². The van der Waals surface area contributed by atoms with Gasteiger partial charge in [0.05, 0.1) is 12.1 Å². The van der Waals surface area contributed by atoms with Crippen LogP contribution in [0.25, 0.3) is 0 Å². The number of carbonyl (C=O) groups is 2. The molecule has 5 nitrogen and oxygen atoms in total. The molecule has 0 radical (unpaired) electrons. The normalized spacial score (nSPS) is 20.3. The molecular weight excluding hydrogens is 208 g/mol. The Bertz CT molecular complexity index is 276. The van der Waals surface area contributed by atoms with E-state index in [2.05, 4.69) is 5.32 Å². The van der Waals surface area contributed by atoms with E-state index >= 15 is 0 Å². The van der Waals surface area contributed by atoms with Crippen LogP contribution in [0.15, 0.2) is 0 Å². The Hall–Kier alpha value is -0.940. The molecule has 1 aliphatic heterocycles. The summed E-state index contributed by atoms with van der Waals surface area (Å²) in [6.07, 6.45) is 1.66. The van der Waals surface area contributed by atoms with Crippen molar-refractivity contribution in [1.82, 2.24) is 10.2 Å². The molecule has 1 rings (SSSR count). The maximum absolute atomic E-state index is 11.9. The first-order chi connectivity index (χ1) is 7.49. The van der Waals surface area contributed by atoms with Crippen LogP contribution < -0.4 is 5.32 Å². The van der Waals surface area contributed by atoms with Gasteiger partial charge < -0.3 is 4.74 Å². The van der Waals surface area contributed by atoms with E-state index in [4.69, 9.17) is 4.74 Å². The van der Waals surface area contributed by atoms with Gasteiger partial charge in [0.15, 0.2) is 0 Å². The van der Waals surface area contributed by atoms with Gasteiger partial charge in [0.2, 0.25) is 11.8 Å². The quantitative estimate of drug-likeness (QED) is 0.537. The van der Waals surface area contributed by atoms with Crippen LogP contribution in [0.3, 0.4) is 0 Å². The van der Waals surface area contributed by atoms with Gasteiger partial charge in [-0.3, -0.25) is 19.8 Å². The number of carbonyl (C=O) groups excluding carboxylic acids is 2. The lowest BCUT2D eigenvalue weighted by Gasteiger charge is -2.36. The monoisotopic (exact) mass is 228 g/mol. The highest BCUT2D eigenvalue weighted by molar-refractivity contribution is 6.02. The molecule has 0 aliphatic carbocycles. The van der Waals surface area contributed by atoms with Gasteiger partial charge in [-0.2, -0.15) is 0 Å². The minimum atomic E-state index is -0.630. The fourth-order valence-electron chi connectivity index (χ4n) is 1.66. The predicted octanol–water partition coefficient (Wildman–Crippen LogP) is 0.150. The highest BCUT2D eigenvalue weighted by Crippen LogP contribution is 2.13. The fourth-order valence-corrected chi connectivity index (χ4v) is 1.66. The Morgan fingerprint density at radius 2 is 2.06 bits per heavy atom. The van der Waals surface area contributed by atoms with E-state index in [0.717, 1.165) is 12.8 Å². The molecule has 1 saturated heterocycles. The number of ether oxygens (including phenoxy) is 1. The van der Waals surface area contributed by atoms with E-state index < -0.39 is 5.54 Å². The van der Waals surface area contributed by atoms with Crippen molar-refractivity contribution in [2.24, 2.45) is 0 Å². The van der Waals surface area contributed by atoms with Crippen LogP contribution in [0.5, 0.6) is 0 Å². The summed E-state index contributed by atoms with van der Waals surface area (Å²) in [7, 11) is 1.64. The SMILES string of the molecule is COCCCCN1C(=O)CNC(C)(C)C1=O. The maximum atomic E-state index is 11.9. The summed E-state index contributed by atoms with van der Waals surface area (Å²) in [6.45, 7) is 4.99. The number of hydrogen-bond acceptors (Lipinski definition) is 4. The van der Waals surface area contributed by atoms with E-state index in [-0.39, 0.29) is 18.4 Å². The lowest BCUT2D eigenvalue weighted by molar-refractivity contribution is -0.152. The number of amides is 2. The minimum absolute atomic E-state index is 0.137. The highest BCUT2D eigenvalue weighted by atomic mass is 16.5. The predicted molar refractivity (Wildman–Crippen MR) is 59.9 cm³/mol. The van der Waals surface area contributed by atoms with Crippen LogP contribution in [0, 0.1) is 0 Å². The lowest BCUT2D eigenvalue weighted by atomic mass is 10.0. The first-order valence-corrected chi connectivity index (χ1v) is 5.58. The van der Waals surface area contributed by atoms with E-state index in [9.17, 15) is 9.59 Å².